The number of rotatable bonds is 5. The molecule has 2 heterocycles. The van der Waals surface area contributed by atoms with Crippen molar-refractivity contribution >= 4 is 49.5 Å². The first-order valence-corrected chi connectivity index (χ1v) is 9.54. The van der Waals surface area contributed by atoms with Gasteiger partial charge in [-0.05, 0) is 68.8 Å². The maximum atomic E-state index is 11.3. The van der Waals surface area contributed by atoms with Gasteiger partial charge in [-0.25, -0.2) is 4.98 Å². The Hall–Kier alpha value is -1.64. The Labute approximate surface area is 162 Å². The molecule has 1 aromatic carbocycles. The molecule has 1 N–H and O–H groups in total. The second-order valence-electron chi connectivity index (χ2n) is 6.20. The maximum absolute atomic E-state index is 11.3. The van der Waals surface area contributed by atoms with Crippen molar-refractivity contribution in [3.63, 3.8) is 0 Å². The molecule has 2 aromatic rings. The molecule has 1 aliphatic heterocycles. The van der Waals surface area contributed by atoms with Crippen LogP contribution in [0.3, 0.4) is 0 Å². The molecule has 0 bridgehead atoms. The summed E-state index contributed by atoms with van der Waals surface area (Å²) in [5.74, 6) is 1.65. The van der Waals surface area contributed by atoms with Crippen LogP contribution < -0.4 is 15.2 Å². The summed E-state index contributed by atoms with van der Waals surface area (Å²) in [6, 6.07) is 5.59. The van der Waals surface area contributed by atoms with Crippen molar-refractivity contribution in [2.75, 3.05) is 24.0 Å². The van der Waals surface area contributed by atoms with Crippen LogP contribution in [0, 0.1) is 5.92 Å². The minimum atomic E-state index is 0.278. The number of hydrogen-bond acceptors (Lipinski definition) is 6. The quantitative estimate of drug-likeness (QED) is 0.647. The summed E-state index contributed by atoms with van der Waals surface area (Å²) in [5.41, 5.74) is 5.79. The third-order valence-corrected chi connectivity index (χ3v) is 5.53. The Morgan fingerprint density at radius 3 is 2.92 bits per heavy atom. The SMILES string of the molecule is CN1Nc2c(ccc(Oc3ncc(Br)cc3C=O)c2Br)N1CC1CC1. The van der Waals surface area contributed by atoms with E-state index in [0.717, 1.165) is 39.1 Å². The van der Waals surface area contributed by atoms with E-state index in [-0.39, 0.29) is 5.88 Å². The minimum absolute atomic E-state index is 0.278. The summed E-state index contributed by atoms with van der Waals surface area (Å²) >= 11 is 6.93. The van der Waals surface area contributed by atoms with Crippen molar-refractivity contribution in [1.82, 2.24) is 10.1 Å². The number of halogens is 2. The number of aromatic nitrogens is 1. The van der Waals surface area contributed by atoms with Crippen LogP contribution >= 0.6 is 31.9 Å². The van der Waals surface area contributed by atoms with E-state index in [2.05, 4.69) is 47.3 Å². The van der Waals surface area contributed by atoms with Crippen molar-refractivity contribution in [1.29, 1.82) is 0 Å². The Morgan fingerprint density at radius 2 is 2.20 bits per heavy atom. The summed E-state index contributed by atoms with van der Waals surface area (Å²) in [7, 11) is 2.00. The molecule has 0 saturated heterocycles. The van der Waals surface area contributed by atoms with Gasteiger partial charge in [0.25, 0.3) is 0 Å². The van der Waals surface area contributed by atoms with Crippen molar-refractivity contribution in [3.05, 3.63) is 38.9 Å². The lowest BCUT2D eigenvalue weighted by Gasteiger charge is -2.25. The third kappa shape index (κ3) is 3.26. The van der Waals surface area contributed by atoms with Crippen molar-refractivity contribution in [2.24, 2.45) is 5.92 Å². The van der Waals surface area contributed by atoms with Crippen LogP contribution in [0.1, 0.15) is 23.2 Å². The third-order valence-electron chi connectivity index (χ3n) is 4.31. The zero-order valence-corrected chi connectivity index (χ0v) is 16.7. The Bertz CT molecular complexity index is 842. The van der Waals surface area contributed by atoms with Gasteiger partial charge in [-0.2, -0.15) is 0 Å². The standard InChI is InChI=1S/C17H16Br2N4O2/c1-22-21-16-13(23(22)8-10-2-3-10)4-5-14(15(16)19)25-17-11(9-24)6-12(18)7-20-17/h4-7,9-10,21H,2-3,8H2,1H3. The molecule has 1 saturated carbocycles. The van der Waals surface area contributed by atoms with Gasteiger partial charge < -0.3 is 4.74 Å². The van der Waals surface area contributed by atoms with Gasteiger partial charge in [0.1, 0.15) is 5.75 Å². The summed E-state index contributed by atoms with van der Waals surface area (Å²) in [5, 5.41) is 4.22. The highest BCUT2D eigenvalue weighted by molar-refractivity contribution is 9.11. The number of nitrogens with one attached hydrogen (secondary N) is 1. The lowest BCUT2D eigenvalue weighted by Crippen LogP contribution is -2.39. The van der Waals surface area contributed by atoms with E-state index in [0.29, 0.717) is 11.3 Å². The van der Waals surface area contributed by atoms with Crippen LogP contribution in [-0.4, -0.2) is 30.0 Å². The van der Waals surface area contributed by atoms with E-state index in [9.17, 15) is 4.79 Å². The van der Waals surface area contributed by atoms with Crippen LogP contribution in [0.25, 0.3) is 0 Å². The summed E-state index contributed by atoms with van der Waals surface area (Å²) < 4.78 is 7.42. The zero-order chi connectivity index (χ0) is 17.6. The lowest BCUT2D eigenvalue weighted by molar-refractivity contribution is 0.112. The van der Waals surface area contributed by atoms with Gasteiger partial charge in [0.2, 0.25) is 5.88 Å². The number of carbonyl (C=O) groups excluding carboxylic acids is 1. The molecule has 0 atom stereocenters. The van der Waals surface area contributed by atoms with Crippen molar-refractivity contribution in [3.8, 4) is 11.6 Å². The van der Waals surface area contributed by atoms with Gasteiger partial charge in [-0.3, -0.25) is 15.2 Å². The topological polar surface area (TPSA) is 57.7 Å². The van der Waals surface area contributed by atoms with Crippen LogP contribution in [0.4, 0.5) is 11.4 Å². The van der Waals surface area contributed by atoms with Crippen LogP contribution in [0.15, 0.2) is 33.3 Å². The van der Waals surface area contributed by atoms with E-state index in [4.69, 9.17) is 4.74 Å². The highest BCUT2D eigenvalue weighted by atomic mass is 79.9. The van der Waals surface area contributed by atoms with Gasteiger partial charge in [0.15, 0.2) is 6.29 Å². The average molecular weight is 468 g/mol. The molecule has 0 spiro atoms. The molecule has 6 nitrogen and oxygen atoms in total. The number of ether oxygens (including phenoxy) is 1. The second kappa shape index (κ2) is 6.59. The van der Waals surface area contributed by atoms with E-state index in [1.807, 2.05) is 24.3 Å². The number of hydrogen-bond donors (Lipinski definition) is 1. The maximum Gasteiger partial charge on any atom is 0.229 e. The summed E-state index contributed by atoms with van der Waals surface area (Å²) in [4.78, 5) is 15.5. The molecular weight excluding hydrogens is 452 g/mol. The second-order valence-corrected chi connectivity index (χ2v) is 7.91. The monoisotopic (exact) mass is 466 g/mol. The minimum Gasteiger partial charge on any atom is -0.437 e. The Kier molecular flexibility index (Phi) is 4.43. The number of pyridine rings is 1. The van der Waals surface area contributed by atoms with Crippen molar-refractivity contribution < 1.29 is 9.53 Å². The van der Waals surface area contributed by atoms with Gasteiger partial charge in [-0.1, -0.05) is 0 Å². The molecule has 2 aliphatic rings. The molecule has 4 rings (SSSR count). The molecule has 8 heteroatoms. The molecule has 1 aromatic heterocycles. The Morgan fingerprint density at radius 1 is 1.40 bits per heavy atom. The fraction of sp³-hybridized carbons (Fsp3) is 0.294. The van der Waals surface area contributed by atoms with Crippen LogP contribution in [0.2, 0.25) is 0 Å². The van der Waals surface area contributed by atoms with Crippen LogP contribution in [0.5, 0.6) is 11.6 Å². The first-order chi connectivity index (χ1) is 12.1. The highest BCUT2D eigenvalue weighted by Crippen LogP contribution is 2.46. The van der Waals surface area contributed by atoms with E-state index in [1.54, 1.807) is 12.3 Å². The number of anilines is 2. The molecule has 130 valence electrons. The fourth-order valence-corrected chi connectivity index (χ4v) is 3.67. The van der Waals surface area contributed by atoms with Crippen molar-refractivity contribution in [2.45, 2.75) is 12.8 Å². The van der Waals surface area contributed by atoms with E-state index in [1.165, 1.54) is 12.8 Å². The van der Waals surface area contributed by atoms with Gasteiger partial charge in [-0.15, -0.1) is 5.12 Å². The molecular formula is C17H16Br2N4O2. The molecule has 0 amide bonds. The highest BCUT2D eigenvalue weighted by Gasteiger charge is 2.32. The first-order valence-electron chi connectivity index (χ1n) is 7.95. The van der Waals surface area contributed by atoms with E-state index >= 15 is 0 Å². The van der Waals surface area contributed by atoms with Gasteiger partial charge >= 0.3 is 0 Å². The molecule has 1 fully saturated rings. The largest absolute Gasteiger partial charge is 0.437 e. The zero-order valence-electron chi connectivity index (χ0n) is 13.5. The van der Waals surface area contributed by atoms with Gasteiger partial charge in [0, 0.05) is 24.3 Å². The molecule has 25 heavy (non-hydrogen) atoms. The Balaban J connectivity index is 1.64. The number of hydrazine groups is 2. The molecule has 1 aliphatic carbocycles. The molecule has 0 radical (unpaired) electrons. The first kappa shape index (κ1) is 16.8. The predicted molar refractivity (Wildman–Crippen MR) is 103 cm³/mol. The number of aldehydes is 1. The number of benzene rings is 1. The average Bonchev–Trinajstić information content (AvgIpc) is 3.36. The van der Waals surface area contributed by atoms with E-state index < -0.39 is 0 Å². The number of carbonyl (C=O) groups is 1. The normalized spacial score (nSPS) is 16.5. The lowest BCUT2D eigenvalue weighted by atomic mass is 10.2. The van der Waals surface area contributed by atoms with Gasteiger partial charge in [0.05, 0.1) is 21.4 Å². The van der Waals surface area contributed by atoms with Crippen LogP contribution in [-0.2, 0) is 0 Å². The fourth-order valence-electron chi connectivity index (χ4n) is 2.81. The number of fused-ring (bicyclic) bond motifs is 1. The smallest absolute Gasteiger partial charge is 0.229 e. The predicted octanol–water partition coefficient (Wildman–Crippen LogP) is 4.62. The number of nitrogens with zero attached hydrogens (tertiary/aromatic N) is 3. The molecule has 0 unspecified atom stereocenters. The summed E-state index contributed by atoms with van der Waals surface area (Å²) in [6.45, 7) is 1.01. The summed E-state index contributed by atoms with van der Waals surface area (Å²) in [6.07, 6.45) is 4.93.